The van der Waals surface area contributed by atoms with E-state index in [0.29, 0.717) is 36.3 Å². The van der Waals surface area contributed by atoms with Crippen LogP contribution in [0, 0.1) is 0 Å². The van der Waals surface area contributed by atoms with E-state index in [9.17, 15) is 45.1 Å². The molecule has 10 atom stereocenters. The highest BCUT2D eigenvalue weighted by Crippen LogP contribution is 2.43. The molecule has 1 fully saturated rings. The van der Waals surface area contributed by atoms with E-state index < -0.39 is 133 Å². The monoisotopic (exact) mass is 1510 g/mol. The van der Waals surface area contributed by atoms with Gasteiger partial charge in [0.05, 0.1) is 56.3 Å². The van der Waals surface area contributed by atoms with Gasteiger partial charge in [-0.1, -0.05) is 12.1 Å². The number of carbonyl (C=O) groups excluding carboxylic acids is 7. The van der Waals surface area contributed by atoms with Crippen LogP contribution in [0.1, 0.15) is 131 Å². The number of methoxy groups -OCH3 is 1. The number of benzene rings is 1. The molecule has 546 valence electrons. The SMILES string of the molecule is CO/C(C)=C1/NC(=O)C(C(C)O)NC(=O)c2csc(n2)-c2cc(O)c(-c3nc(C(=O)NCCCN(CCO)CCO)cs3)nc2-c2csc(n2)C2COC(=O)c3c4c5c(cccc5n3O)COC(=O)C(OC3CC(C)(O)C(N(C)C)C(C)O3)C(OC4)C(NC(=O)c3csc1n3)c1nc(cs1)C(=O)N2. The van der Waals surface area contributed by atoms with Crippen molar-refractivity contribution in [3.8, 4) is 38.4 Å². The van der Waals surface area contributed by atoms with Crippen LogP contribution < -0.4 is 26.6 Å². The summed E-state index contributed by atoms with van der Waals surface area (Å²) < 4.78 is 38.3. The Morgan fingerprint density at radius 1 is 0.825 bits per heavy atom. The number of aromatic hydroxyl groups is 1. The molecule has 4 aliphatic heterocycles. The highest BCUT2D eigenvalue weighted by atomic mass is 32.1. The Balaban J connectivity index is 1.00. The maximum atomic E-state index is 15.2. The largest absolute Gasteiger partial charge is 0.506 e. The Morgan fingerprint density at radius 3 is 2.21 bits per heavy atom. The molecule has 5 amide bonds. The molecule has 11 N–H and O–H groups in total. The lowest BCUT2D eigenvalue weighted by Gasteiger charge is -2.48. The zero-order chi connectivity index (χ0) is 73.3. The molecular weight excluding hydrogens is 1440 g/mol. The summed E-state index contributed by atoms with van der Waals surface area (Å²) in [4.78, 5) is 135. The maximum Gasteiger partial charge on any atom is 0.358 e. The molecule has 10 unspecified atom stereocenters. The van der Waals surface area contributed by atoms with E-state index in [0.717, 1.165) is 56.7 Å². The number of aliphatic hydroxyl groups is 4. The minimum absolute atomic E-state index is 0.00876. The molecule has 1 saturated heterocycles. The molecule has 0 aliphatic carbocycles. The Hall–Kier alpha value is -8.87. The lowest BCUT2D eigenvalue weighted by molar-refractivity contribution is -0.280. The van der Waals surface area contributed by atoms with E-state index in [1.165, 1.54) is 54.6 Å². The van der Waals surface area contributed by atoms with Crippen molar-refractivity contribution in [2.75, 3.05) is 67.2 Å². The average Bonchev–Trinajstić information content (AvgIpc) is 1.64. The fraction of sp³-hybridized carbons (Fsp3) is 0.431. The summed E-state index contributed by atoms with van der Waals surface area (Å²) in [7, 11) is 4.85. The number of nitrogens with zero attached hydrogens (tertiary/aromatic N) is 9. The lowest BCUT2D eigenvalue weighted by atomic mass is 9.85. The first kappa shape index (κ1) is 73.9. The third kappa shape index (κ3) is 15.5. The Bertz CT molecular complexity index is 4570. The van der Waals surface area contributed by atoms with E-state index in [2.05, 4.69) is 41.5 Å². The van der Waals surface area contributed by atoms with Crippen molar-refractivity contribution >= 4 is 115 Å². The number of aliphatic hydroxyl groups excluding tert-OH is 3. The van der Waals surface area contributed by atoms with Gasteiger partial charge in [0, 0.05) is 69.5 Å². The second-order valence-corrected chi connectivity index (χ2v) is 29.3. The molecule has 4 aliphatic rings. The fourth-order valence-electron chi connectivity index (χ4n) is 12.7. The van der Waals surface area contributed by atoms with Gasteiger partial charge in [0.1, 0.15) is 120 Å². The lowest BCUT2D eigenvalue weighted by Crippen LogP contribution is -2.62. The molecule has 11 heterocycles. The van der Waals surface area contributed by atoms with Crippen LogP contribution in [-0.2, 0) is 51.2 Å². The van der Waals surface area contributed by atoms with Crippen LogP contribution in [-0.4, -0.2) is 232 Å². The first-order valence-electron chi connectivity index (χ1n) is 32.3. The molecular formula is C65H72N14O19S5. The highest BCUT2D eigenvalue weighted by Gasteiger charge is 2.50. The number of ether oxygens (including phenoxy) is 6. The molecule has 0 saturated carbocycles. The van der Waals surface area contributed by atoms with Crippen LogP contribution in [0.25, 0.3) is 49.3 Å². The summed E-state index contributed by atoms with van der Waals surface area (Å²) >= 11 is 4.63. The molecule has 33 nitrogen and oxygen atoms in total. The highest BCUT2D eigenvalue weighted by molar-refractivity contribution is 7.14. The van der Waals surface area contributed by atoms with Crippen molar-refractivity contribution in [3.05, 3.63) is 112 Å². The number of allylic oxidation sites excluding steroid dienone is 1. The molecule has 12 bridgehead atoms. The number of carbonyl (C=O) groups is 7. The predicted molar refractivity (Wildman–Crippen MR) is 372 cm³/mol. The van der Waals surface area contributed by atoms with Gasteiger partial charge in [-0.3, -0.25) is 28.9 Å². The van der Waals surface area contributed by atoms with Gasteiger partial charge in [-0.25, -0.2) is 39.5 Å². The molecule has 1 aromatic carbocycles. The van der Waals surface area contributed by atoms with Gasteiger partial charge >= 0.3 is 11.9 Å². The van der Waals surface area contributed by atoms with Crippen LogP contribution in [0.4, 0.5) is 0 Å². The molecule has 38 heteroatoms. The number of aromatic nitrogens is 7. The summed E-state index contributed by atoms with van der Waals surface area (Å²) in [6.07, 6.45) is -7.05. The first-order chi connectivity index (χ1) is 49.3. The number of amides is 5. The summed E-state index contributed by atoms with van der Waals surface area (Å²) in [6, 6.07) is 0.741. The number of esters is 2. The Morgan fingerprint density at radius 2 is 1.50 bits per heavy atom. The van der Waals surface area contributed by atoms with E-state index in [-0.39, 0.29) is 125 Å². The minimum atomic E-state index is -1.91. The van der Waals surface area contributed by atoms with Crippen LogP contribution in [0.3, 0.4) is 0 Å². The third-order valence-corrected chi connectivity index (χ3v) is 22.0. The Kier molecular flexibility index (Phi) is 22.4. The van der Waals surface area contributed by atoms with Crippen LogP contribution in [0.2, 0.25) is 0 Å². The Labute approximate surface area is 606 Å². The van der Waals surface area contributed by atoms with E-state index in [1.54, 1.807) is 50.4 Å². The van der Waals surface area contributed by atoms with Gasteiger partial charge in [0.2, 0.25) is 5.91 Å². The summed E-state index contributed by atoms with van der Waals surface area (Å²) in [5.41, 5.74) is -2.39. The quantitative estimate of drug-likeness (QED) is 0.0302. The van der Waals surface area contributed by atoms with Gasteiger partial charge in [-0.05, 0) is 72.5 Å². The number of thiazole rings is 5. The van der Waals surface area contributed by atoms with Crippen LogP contribution in [0.15, 0.2) is 56.9 Å². The fourth-order valence-corrected chi connectivity index (χ4v) is 16.9. The summed E-state index contributed by atoms with van der Waals surface area (Å²) in [6.45, 7) is 5.44. The van der Waals surface area contributed by atoms with E-state index >= 15 is 19.2 Å². The molecule has 0 radical (unpaired) electrons. The van der Waals surface area contributed by atoms with Crippen molar-refractivity contribution in [1.29, 1.82) is 0 Å². The number of fused-ring (bicyclic) bond motifs is 15. The van der Waals surface area contributed by atoms with Crippen LogP contribution in [0.5, 0.6) is 5.75 Å². The predicted octanol–water partition coefficient (Wildman–Crippen LogP) is 3.57. The summed E-state index contributed by atoms with van der Waals surface area (Å²) in [5, 5.41) is 87.5. The standard InChI is InChI=1S/C65H72N14O19S5/c1-28(82)44-57(88)75-45(29(2)93-7)60-71-39(27-101-60)56(87)76-48-50-51(98-42-19-65(4,91)52(77(5)6)30(3)97-42)64(90)95-20-31-10-8-11-40-43(31)33(21-94-50)49(79(40)92)63(89)96-22-34(67-54(85)37-26-103-62(48)72-37)59-68-35(23-100-59)46-32(58-69-38(25-99-58)55(86)74-44)18-41(83)47(73-46)61-70-36(24-102-61)53(84)66-12-9-13-78(14-16-80)15-17-81/h8,10-11,18,23-28,30,34,42,44,48,50-52,80-83,91-92H,9,12-17,19-22H2,1-7H3,(H,66,84)(H,67,85)(H,74,86)(H,75,88)(H,76,87)/b45-29+. The zero-order valence-electron chi connectivity index (χ0n) is 56.2. The molecule has 7 aromatic heterocycles. The first-order valence-corrected chi connectivity index (χ1v) is 36.7. The van der Waals surface area contributed by atoms with E-state index in [1.807, 2.05) is 4.90 Å². The molecule has 103 heavy (non-hydrogen) atoms. The van der Waals surface area contributed by atoms with Crippen molar-refractivity contribution in [2.24, 2.45) is 0 Å². The molecule has 0 spiro atoms. The van der Waals surface area contributed by atoms with Crippen molar-refractivity contribution < 1.29 is 92.7 Å². The number of pyridine rings is 1. The number of cyclic esters (lactones) is 2. The molecule has 12 rings (SSSR count). The summed E-state index contributed by atoms with van der Waals surface area (Å²) in [5.74, 6) is -6.83. The van der Waals surface area contributed by atoms with Gasteiger partial charge in [0.15, 0.2) is 18.1 Å². The molecule has 8 aromatic rings. The van der Waals surface area contributed by atoms with E-state index in [4.69, 9.17) is 43.4 Å². The average molecular weight is 1510 g/mol. The topological polar surface area (TPSA) is 445 Å². The van der Waals surface area contributed by atoms with Crippen molar-refractivity contribution in [2.45, 2.75) is 114 Å². The number of hydrogen-bond donors (Lipinski definition) is 11. The van der Waals surface area contributed by atoms with Gasteiger partial charge in [0.25, 0.3) is 23.6 Å². The zero-order valence-corrected chi connectivity index (χ0v) is 60.3. The van der Waals surface area contributed by atoms with Crippen LogP contribution >= 0.6 is 56.7 Å². The number of rotatable bonds is 15. The second kappa shape index (κ2) is 31.2. The van der Waals surface area contributed by atoms with Gasteiger partial charge in [-0.2, -0.15) is 4.73 Å². The van der Waals surface area contributed by atoms with Crippen molar-refractivity contribution in [3.63, 3.8) is 0 Å². The van der Waals surface area contributed by atoms with Crippen molar-refractivity contribution in [1.82, 2.24) is 71.0 Å². The van der Waals surface area contributed by atoms with Gasteiger partial charge < -0.3 is 90.6 Å². The maximum absolute atomic E-state index is 15.2. The smallest absolute Gasteiger partial charge is 0.358 e. The minimum Gasteiger partial charge on any atom is -0.506 e. The second-order valence-electron chi connectivity index (χ2n) is 24.9. The number of nitrogens with one attached hydrogen (secondary N) is 5. The van der Waals surface area contributed by atoms with Gasteiger partial charge in [-0.15, -0.1) is 56.7 Å². The third-order valence-electron chi connectivity index (χ3n) is 17.5. The number of hydrogen-bond acceptors (Lipinski definition) is 32. The normalized spacial score (nSPS) is 23.6. The number of likely N-dealkylation sites (N-methyl/N-ethyl adjacent to an activating group) is 1.